The van der Waals surface area contributed by atoms with Crippen LogP contribution in [0, 0.1) is 0 Å². The van der Waals surface area contributed by atoms with Gasteiger partial charge in [0.1, 0.15) is 11.5 Å². The van der Waals surface area contributed by atoms with Crippen LogP contribution >= 0.6 is 0 Å². The van der Waals surface area contributed by atoms with Crippen LogP contribution in [0.2, 0.25) is 0 Å². The fourth-order valence-electron chi connectivity index (χ4n) is 4.62. The van der Waals surface area contributed by atoms with Crippen LogP contribution in [0.5, 0.6) is 17.2 Å². The summed E-state index contributed by atoms with van der Waals surface area (Å²) in [5.41, 5.74) is 0.956. The van der Waals surface area contributed by atoms with Crippen molar-refractivity contribution in [3.8, 4) is 17.2 Å². The summed E-state index contributed by atoms with van der Waals surface area (Å²) in [6.45, 7) is 9.54. The number of aliphatic hydroxyl groups is 1. The van der Waals surface area contributed by atoms with Gasteiger partial charge in [-0.2, -0.15) is 0 Å². The predicted octanol–water partition coefficient (Wildman–Crippen LogP) is 3.33. The summed E-state index contributed by atoms with van der Waals surface area (Å²) in [7, 11) is 0. The van der Waals surface area contributed by atoms with Crippen LogP contribution in [0.25, 0.3) is 5.76 Å². The van der Waals surface area contributed by atoms with E-state index in [1.807, 2.05) is 13.8 Å². The number of amides is 1. The van der Waals surface area contributed by atoms with E-state index in [0.717, 1.165) is 13.1 Å². The van der Waals surface area contributed by atoms with E-state index < -0.39 is 17.7 Å². The van der Waals surface area contributed by atoms with Gasteiger partial charge in [-0.1, -0.05) is 6.07 Å². The molecule has 2 aromatic carbocycles. The highest BCUT2D eigenvalue weighted by Gasteiger charge is 2.46. The van der Waals surface area contributed by atoms with E-state index in [2.05, 4.69) is 4.90 Å². The first-order valence-electron chi connectivity index (χ1n) is 12.6. The molecule has 2 aromatic rings. The Morgan fingerprint density at radius 3 is 2.43 bits per heavy atom. The minimum Gasteiger partial charge on any atom is -0.507 e. The lowest BCUT2D eigenvalue weighted by Crippen LogP contribution is -2.42. The molecule has 0 radical (unpaired) electrons. The van der Waals surface area contributed by atoms with E-state index in [1.165, 1.54) is 11.0 Å². The largest absolute Gasteiger partial charge is 0.507 e. The molecule has 2 aliphatic heterocycles. The van der Waals surface area contributed by atoms with Gasteiger partial charge in [0.25, 0.3) is 11.7 Å². The molecule has 2 heterocycles. The minimum atomic E-state index is -0.840. The molecule has 0 bridgehead atoms. The Kier molecular flexibility index (Phi) is 8.35. The van der Waals surface area contributed by atoms with E-state index in [-0.39, 0.29) is 35.5 Å². The van der Waals surface area contributed by atoms with Crippen LogP contribution in [0.4, 0.5) is 0 Å². The van der Waals surface area contributed by atoms with E-state index >= 15 is 0 Å². The molecule has 0 saturated carbocycles. The second-order valence-electron chi connectivity index (χ2n) is 9.30. The molecule has 9 nitrogen and oxygen atoms in total. The Labute approximate surface area is 216 Å². The number of nitrogens with zero attached hydrogens (tertiary/aromatic N) is 2. The number of aromatic hydroxyl groups is 1. The van der Waals surface area contributed by atoms with Gasteiger partial charge in [-0.15, -0.1) is 0 Å². The zero-order chi connectivity index (χ0) is 26.5. The van der Waals surface area contributed by atoms with Gasteiger partial charge in [0.2, 0.25) is 0 Å². The summed E-state index contributed by atoms with van der Waals surface area (Å²) in [5, 5.41) is 21.5. The molecule has 2 N–H and O–H groups in total. The number of carbonyl (C=O) groups excluding carboxylic acids is 2. The van der Waals surface area contributed by atoms with Gasteiger partial charge in [-0.3, -0.25) is 14.5 Å². The quantitative estimate of drug-likeness (QED) is 0.300. The normalized spacial score (nSPS) is 20.0. The molecule has 2 saturated heterocycles. The van der Waals surface area contributed by atoms with Crippen molar-refractivity contribution in [1.29, 1.82) is 0 Å². The molecular formula is C28H34N2O7. The highest BCUT2D eigenvalue weighted by molar-refractivity contribution is 6.46. The summed E-state index contributed by atoms with van der Waals surface area (Å²) in [6, 6.07) is 10.6. The standard InChI is InChI=1S/C28H34N2O7/c1-4-36-23-17-20(7-10-22(23)31)25-24(26(32)19-5-8-21(9-6-19)37-18(2)3)27(33)28(34)30(25)12-11-29-13-15-35-16-14-29/h5-10,17-18,25,31-32H,4,11-16H2,1-3H3/b26-24-. The number of Topliss-reactive ketones (excluding diaryl/α,β-unsaturated/α-hetero) is 1. The van der Waals surface area contributed by atoms with Gasteiger partial charge in [0, 0.05) is 31.7 Å². The van der Waals surface area contributed by atoms with E-state index in [9.17, 15) is 19.8 Å². The zero-order valence-electron chi connectivity index (χ0n) is 21.5. The second kappa shape index (κ2) is 11.7. The van der Waals surface area contributed by atoms with Crippen molar-refractivity contribution < 1.29 is 34.0 Å². The zero-order valence-corrected chi connectivity index (χ0v) is 21.5. The topological polar surface area (TPSA) is 109 Å². The van der Waals surface area contributed by atoms with Gasteiger partial charge in [0.15, 0.2) is 11.5 Å². The van der Waals surface area contributed by atoms with Gasteiger partial charge in [-0.05, 0) is 62.7 Å². The van der Waals surface area contributed by atoms with Crippen LogP contribution < -0.4 is 9.47 Å². The van der Waals surface area contributed by atoms with E-state index in [0.29, 0.717) is 43.2 Å². The number of phenols is 1. The fourth-order valence-corrected chi connectivity index (χ4v) is 4.62. The summed E-state index contributed by atoms with van der Waals surface area (Å²) in [5.74, 6) is -0.859. The van der Waals surface area contributed by atoms with E-state index in [4.69, 9.17) is 14.2 Å². The smallest absolute Gasteiger partial charge is 0.295 e. The van der Waals surface area contributed by atoms with Crippen LogP contribution in [0.3, 0.4) is 0 Å². The second-order valence-corrected chi connectivity index (χ2v) is 9.30. The third kappa shape index (κ3) is 5.89. The lowest BCUT2D eigenvalue weighted by atomic mass is 9.95. The minimum absolute atomic E-state index is 0.00218. The molecule has 1 amide bonds. The molecule has 2 fully saturated rings. The van der Waals surface area contributed by atoms with Crippen LogP contribution in [0.15, 0.2) is 48.0 Å². The maximum absolute atomic E-state index is 13.3. The van der Waals surface area contributed by atoms with Gasteiger partial charge in [-0.25, -0.2) is 0 Å². The fraction of sp³-hybridized carbons (Fsp3) is 0.429. The highest BCUT2D eigenvalue weighted by atomic mass is 16.5. The summed E-state index contributed by atoms with van der Waals surface area (Å²) >= 11 is 0. The number of ether oxygens (including phenoxy) is 3. The Morgan fingerprint density at radius 2 is 1.78 bits per heavy atom. The number of morpholine rings is 1. The molecule has 2 aliphatic rings. The molecule has 37 heavy (non-hydrogen) atoms. The summed E-state index contributed by atoms with van der Waals surface area (Å²) < 4.78 is 16.6. The van der Waals surface area contributed by atoms with E-state index in [1.54, 1.807) is 43.3 Å². The molecule has 0 aliphatic carbocycles. The van der Waals surface area contributed by atoms with Gasteiger partial charge in [0.05, 0.1) is 37.5 Å². The predicted molar refractivity (Wildman–Crippen MR) is 138 cm³/mol. The van der Waals surface area contributed by atoms with Crippen molar-refractivity contribution in [1.82, 2.24) is 9.80 Å². The first kappa shape index (κ1) is 26.5. The lowest BCUT2D eigenvalue weighted by molar-refractivity contribution is -0.140. The van der Waals surface area contributed by atoms with Crippen molar-refractivity contribution >= 4 is 17.4 Å². The number of hydrogen-bond donors (Lipinski definition) is 2. The number of benzene rings is 2. The number of rotatable bonds is 9. The van der Waals surface area contributed by atoms with Gasteiger partial charge < -0.3 is 29.3 Å². The van der Waals surface area contributed by atoms with Crippen molar-refractivity contribution in [2.24, 2.45) is 0 Å². The average molecular weight is 511 g/mol. The Morgan fingerprint density at radius 1 is 1.08 bits per heavy atom. The molecule has 9 heteroatoms. The van der Waals surface area contributed by atoms with Crippen molar-refractivity contribution in [3.05, 3.63) is 59.2 Å². The summed E-state index contributed by atoms with van der Waals surface area (Å²) in [4.78, 5) is 30.2. The van der Waals surface area contributed by atoms with Crippen LogP contribution in [-0.4, -0.2) is 83.8 Å². The number of ketones is 1. The van der Waals surface area contributed by atoms with Crippen molar-refractivity contribution in [2.45, 2.75) is 32.9 Å². The molecule has 0 spiro atoms. The third-order valence-electron chi connectivity index (χ3n) is 6.40. The SMILES string of the molecule is CCOc1cc(C2/C(=C(/O)c3ccc(OC(C)C)cc3)C(=O)C(=O)N2CCN2CCOCC2)ccc1O. The molecule has 1 atom stereocenters. The molecule has 4 rings (SSSR count). The van der Waals surface area contributed by atoms with Crippen LogP contribution in [-0.2, 0) is 14.3 Å². The number of hydrogen-bond acceptors (Lipinski definition) is 8. The molecule has 1 unspecified atom stereocenters. The van der Waals surface area contributed by atoms with Crippen LogP contribution in [0.1, 0.15) is 37.9 Å². The maximum atomic E-state index is 13.3. The monoisotopic (exact) mass is 510 g/mol. The number of carbonyl (C=O) groups is 2. The Hall–Kier alpha value is -3.56. The third-order valence-corrected chi connectivity index (χ3v) is 6.40. The molecule has 198 valence electrons. The number of likely N-dealkylation sites (tertiary alicyclic amines) is 1. The average Bonchev–Trinajstić information content (AvgIpc) is 3.14. The Balaban J connectivity index is 1.74. The Bertz CT molecular complexity index is 1150. The van der Waals surface area contributed by atoms with Gasteiger partial charge >= 0.3 is 0 Å². The highest BCUT2D eigenvalue weighted by Crippen LogP contribution is 2.41. The lowest BCUT2D eigenvalue weighted by Gasteiger charge is -2.31. The first-order chi connectivity index (χ1) is 17.8. The maximum Gasteiger partial charge on any atom is 0.295 e. The van der Waals surface area contributed by atoms with Crippen molar-refractivity contribution in [3.63, 3.8) is 0 Å². The number of aliphatic hydroxyl groups excluding tert-OH is 1. The number of phenolic OH excluding ortho intramolecular Hbond substituents is 1. The molecular weight excluding hydrogens is 476 g/mol. The summed E-state index contributed by atoms with van der Waals surface area (Å²) in [6.07, 6.45) is -0.00901. The van der Waals surface area contributed by atoms with Crippen molar-refractivity contribution in [2.75, 3.05) is 46.0 Å². The first-order valence-corrected chi connectivity index (χ1v) is 12.6. The molecule has 0 aromatic heterocycles.